The van der Waals surface area contributed by atoms with Crippen LogP contribution in [0.5, 0.6) is 6.01 Å². The normalized spacial score (nSPS) is 11.0. The summed E-state index contributed by atoms with van der Waals surface area (Å²) in [6.45, 7) is 0. The molecule has 0 saturated heterocycles. The lowest BCUT2D eigenvalue weighted by molar-refractivity contribution is -0.277. The molecule has 1 aromatic rings. The van der Waals surface area contributed by atoms with E-state index in [4.69, 9.17) is 0 Å². The van der Waals surface area contributed by atoms with Crippen molar-refractivity contribution in [3.05, 3.63) is 0 Å². The molecule has 0 unspecified atom stereocenters. The number of nitrogens with one attached hydrogen (secondary N) is 2. The molecule has 9 heteroatoms. The second kappa shape index (κ2) is 4.15. The van der Waals surface area contributed by atoms with Gasteiger partial charge in [-0.1, -0.05) is 0 Å². The van der Waals surface area contributed by atoms with Gasteiger partial charge in [0.1, 0.15) is 0 Å². The molecule has 0 aliphatic heterocycles. The molecule has 0 saturated carbocycles. The van der Waals surface area contributed by atoms with Gasteiger partial charge in [0.05, 0.1) is 0 Å². The predicted octanol–water partition coefficient (Wildman–Crippen LogP) is 0.854. The molecule has 1 heterocycles. The minimum absolute atomic E-state index is 0.0198. The Morgan fingerprint density at radius 3 is 1.80 bits per heavy atom. The third-order valence-electron chi connectivity index (χ3n) is 1.27. The lowest BCUT2D eigenvalue weighted by atomic mass is 10.8. The first-order chi connectivity index (χ1) is 6.94. The summed E-state index contributed by atoms with van der Waals surface area (Å²) in [5.41, 5.74) is 0. The molecule has 1 aromatic heterocycles. The molecule has 0 bridgehead atoms. The Bertz CT molecular complexity index is 320. The molecular formula is C6H8F3N5O. The van der Waals surface area contributed by atoms with Crippen LogP contribution in [-0.2, 0) is 0 Å². The van der Waals surface area contributed by atoms with Crippen molar-refractivity contribution in [1.29, 1.82) is 0 Å². The highest BCUT2D eigenvalue weighted by Crippen LogP contribution is 2.20. The van der Waals surface area contributed by atoms with Gasteiger partial charge < -0.3 is 15.4 Å². The molecule has 0 aliphatic rings. The van der Waals surface area contributed by atoms with Crippen LogP contribution in [0.3, 0.4) is 0 Å². The van der Waals surface area contributed by atoms with Gasteiger partial charge in [-0.25, -0.2) is 0 Å². The van der Waals surface area contributed by atoms with Crippen LogP contribution in [-0.4, -0.2) is 35.4 Å². The highest BCUT2D eigenvalue weighted by molar-refractivity contribution is 5.34. The van der Waals surface area contributed by atoms with Crippen molar-refractivity contribution in [2.45, 2.75) is 6.36 Å². The van der Waals surface area contributed by atoms with Gasteiger partial charge in [-0.15, -0.1) is 13.2 Å². The number of nitrogens with zero attached hydrogens (tertiary/aromatic N) is 3. The van der Waals surface area contributed by atoms with Gasteiger partial charge in [-0.3, -0.25) is 0 Å². The maximum absolute atomic E-state index is 11.8. The maximum Gasteiger partial charge on any atom is 0.575 e. The molecular weight excluding hydrogens is 215 g/mol. The standard InChI is InChI=1S/C6H8F3N5O/c1-10-3-12-4(11-2)14-5(13-3)15-6(7,8)9/h1-2H3,(H2,10,11,12,13,14). The van der Waals surface area contributed by atoms with E-state index in [1.165, 1.54) is 14.1 Å². The highest BCUT2D eigenvalue weighted by atomic mass is 19.4. The number of ether oxygens (including phenoxy) is 1. The third-order valence-corrected chi connectivity index (χ3v) is 1.27. The van der Waals surface area contributed by atoms with E-state index in [2.05, 4.69) is 30.3 Å². The summed E-state index contributed by atoms with van der Waals surface area (Å²) in [6.07, 6.45) is -4.82. The average molecular weight is 223 g/mol. The smallest absolute Gasteiger partial charge is 0.370 e. The Balaban J connectivity index is 2.97. The van der Waals surface area contributed by atoms with Crippen molar-refractivity contribution in [3.63, 3.8) is 0 Å². The van der Waals surface area contributed by atoms with E-state index < -0.39 is 12.4 Å². The van der Waals surface area contributed by atoms with Crippen molar-refractivity contribution in [2.24, 2.45) is 0 Å². The highest BCUT2D eigenvalue weighted by Gasteiger charge is 2.33. The summed E-state index contributed by atoms with van der Waals surface area (Å²) >= 11 is 0. The minimum atomic E-state index is -4.82. The number of anilines is 2. The molecule has 15 heavy (non-hydrogen) atoms. The Kier molecular flexibility index (Phi) is 3.12. The molecule has 0 aliphatic carbocycles. The quantitative estimate of drug-likeness (QED) is 0.791. The van der Waals surface area contributed by atoms with Crippen LogP contribution < -0.4 is 15.4 Å². The molecule has 0 atom stereocenters. The van der Waals surface area contributed by atoms with Gasteiger partial charge in [-0.2, -0.15) is 15.0 Å². The number of alkyl halides is 3. The Hall–Kier alpha value is -1.80. The van der Waals surface area contributed by atoms with Crippen molar-refractivity contribution < 1.29 is 17.9 Å². The van der Waals surface area contributed by atoms with Crippen molar-refractivity contribution in [3.8, 4) is 6.01 Å². The molecule has 0 amide bonds. The Morgan fingerprint density at radius 1 is 1.00 bits per heavy atom. The third kappa shape index (κ3) is 3.44. The molecule has 0 radical (unpaired) electrons. The summed E-state index contributed by atoms with van der Waals surface area (Å²) in [6, 6.07) is -0.814. The summed E-state index contributed by atoms with van der Waals surface area (Å²) in [5.74, 6) is -0.0396. The van der Waals surface area contributed by atoms with Gasteiger partial charge in [0.25, 0.3) is 0 Å². The topological polar surface area (TPSA) is 72.0 Å². The zero-order chi connectivity index (χ0) is 11.5. The minimum Gasteiger partial charge on any atom is -0.370 e. The average Bonchev–Trinajstić information content (AvgIpc) is 2.14. The van der Waals surface area contributed by atoms with E-state index in [1.54, 1.807) is 0 Å². The molecule has 84 valence electrons. The first kappa shape index (κ1) is 11.3. The zero-order valence-corrected chi connectivity index (χ0v) is 7.88. The van der Waals surface area contributed by atoms with Crippen molar-refractivity contribution >= 4 is 11.9 Å². The maximum atomic E-state index is 11.8. The van der Waals surface area contributed by atoms with Crippen molar-refractivity contribution in [2.75, 3.05) is 24.7 Å². The Morgan fingerprint density at radius 2 is 1.47 bits per heavy atom. The van der Waals surface area contributed by atoms with Gasteiger partial charge in [0, 0.05) is 14.1 Å². The first-order valence-corrected chi connectivity index (χ1v) is 3.82. The van der Waals surface area contributed by atoms with Crippen LogP contribution in [0.1, 0.15) is 0 Å². The molecule has 0 fully saturated rings. The zero-order valence-electron chi connectivity index (χ0n) is 7.88. The first-order valence-electron chi connectivity index (χ1n) is 3.82. The molecule has 6 nitrogen and oxygen atoms in total. The monoisotopic (exact) mass is 223 g/mol. The second-order valence-corrected chi connectivity index (χ2v) is 2.31. The van der Waals surface area contributed by atoms with Gasteiger partial charge >= 0.3 is 12.4 Å². The fourth-order valence-corrected chi connectivity index (χ4v) is 0.729. The van der Waals surface area contributed by atoms with Crippen molar-refractivity contribution in [1.82, 2.24) is 15.0 Å². The van der Waals surface area contributed by atoms with E-state index >= 15 is 0 Å². The van der Waals surface area contributed by atoms with Gasteiger partial charge in [0.15, 0.2) is 0 Å². The van der Waals surface area contributed by atoms with Crippen LogP contribution in [0.25, 0.3) is 0 Å². The molecule has 0 aromatic carbocycles. The van der Waals surface area contributed by atoms with Gasteiger partial charge in [0.2, 0.25) is 11.9 Å². The predicted molar refractivity (Wildman–Crippen MR) is 45.6 cm³/mol. The van der Waals surface area contributed by atoms with E-state index in [9.17, 15) is 13.2 Å². The molecule has 2 N–H and O–H groups in total. The number of rotatable bonds is 3. The van der Waals surface area contributed by atoms with Crippen LogP contribution in [0.2, 0.25) is 0 Å². The van der Waals surface area contributed by atoms with E-state index in [0.29, 0.717) is 0 Å². The number of hydrogen-bond acceptors (Lipinski definition) is 6. The summed E-state index contributed by atoms with van der Waals surface area (Å²) in [4.78, 5) is 10.4. The van der Waals surface area contributed by atoms with E-state index in [0.717, 1.165) is 0 Å². The van der Waals surface area contributed by atoms with E-state index in [-0.39, 0.29) is 11.9 Å². The van der Waals surface area contributed by atoms with Crippen LogP contribution in [0, 0.1) is 0 Å². The number of hydrogen-bond donors (Lipinski definition) is 2. The fraction of sp³-hybridized carbons (Fsp3) is 0.500. The Labute approximate surface area is 82.9 Å². The lowest BCUT2D eigenvalue weighted by Gasteiger charge is -2.08. The number of aromatic nitrogens is 3. The largest absolute Gasteiger partial charge is 0.575 e. The van der Waals surface area contributed by atoms with Gasteiger partial charge in [-0.05, 0) is 0 Å². The second-order valence-electron chi connectivity index (χ2n) is 2.31. The lowest BCUT2D eigenvalue weighted by Crippen LogP contribution is -2.19. The SMILES string of the molecule is CNc1nc(NC)nc(OC(F)(F)F)n1. The fourth-order valence-electron chi connectivity index (χ4n) is 0.729. The summed E-state index contributed by atoms with van der Waals surface area (Å²) < 4.78 is 39.1. The van der Waals surface area contributed by atoms with Crippen LogP contribution in [0.15, 0.2) is 0 Å². The summed E-state index contributed by atoms with van der Waals surface area (Å²) in [7, 11) is 2.93. The number of halogens is 3. The summed E-state index contributed by atoms with van der Waals surface area (Å²) in [5, 5.41) is 4.96. The van der Waals surface area contributed by atoms with Crippen LogP contribution >= 0.6 is 0 Å². The van der Waals surface area contributed by atoms with Crippen LogP contribution in [0.4, 0.5) is 25.1 Å². The molecule has 0 spiro atoms. The van der Waals surface area contributed by atoms with E-state index in [1.807, 2.05) is 0 Å². The molecule has 1 rings (SSSR count).